The Bertz CT molecular complexity index is 463. The van der Waals surface area contributed by atoms with Gasteiger partial charge in [-0.15, -0.1) is 11.6 Å². The molecule has 2 heteroatoms. The molecule has 1 nitrogen and oxygen atoms in total. The number of halogens is 1. The van der Waals surface area contributed by atoms with Crippen LogP contribution in [0.25, 0.3) is 16.8 Å². The first-order valence-electron chi connectivity index (χ1n) is 4.47. The molecule has 0 spiro atoms. The second-order valence-electron chi connectivity index (χ2n) is 3.01. The monoisotopic (exact) mass is 203 g/mol. The molecule has 0 unspecified atom stereocenters. The largest absolute Gasteiger partial charge is 0.256 e. The van der Waals surface area contributed by atoms with Crippen LogP contribution in [-0.4, -0.2) is 10.9 Å². The van der Waals surface area contributed by atoms with Gasteiger partial charge < -0.3 is 0 Å². The van der Waals surface area contributed by atoms with Gasteiger partial charge in [0.2, 0.25) is 0 Å². The average Bonchev–Trinajstić information content (AvgIpc) is 2.26. The molecule has 0 radical (unpaired) electrons. The lowest BCUT2D eigenvalue weighted by atomic mass is 10.1. The Hall–Kier alpha value is -1.34. The van der Waals surface area contributed by atoms with E-state index in [2.05, 4.69) is 23.2 Å². The van der Waals surface area contributed by atoms with Gasteiger partial charge >= 0.3 is 0 Å². The molecule has 0 aliphatic carbocycles. The predicted octanol–water partition coefficient (Wildman–Crippen LogP) is 3.49. The van der Waals surface area contributed by atoms with Crippen LogP contribution in [0.1, 0.15) is 5.69 Å². The third-order valence-corrected chi connectivity index (χ3v) is 2.21. The Morgan fingerprint density at radius 2 is 2.00 bits per heavy atom. The highest BCUT2D eigenvalue weighted by atomic mass is 35.5. The maximum Gasteiger partial charge on any atom is 0.0633 e. The molecule has 0 fully saturated rings. The summed E-state index contributed by atoms with van der Waals surface area (Å²) in [6, 6.07) is 10.2. The number of hydrogen-bond donors (Lipinski definition) is 0. The summed E-state index contributed by atoms with van der Waals surface area (Å²) < 4.78 is 0. The van der Waals surface area contributed by atoms with Crippen molar-refractivity contribution in [1.82, 2.24) is 4.98 Å². The average molecular weight is 204 g/mol. The van der Waals surface area contributed by atoms with Crippen molar-refractivity contribution in [2.24, 2.45) is 0 Å². The molecule has 0 aliphatic rings. The molecule has 0 aliphatic heterocycles. The van der Waals surface area contributed by atoms with Gasteiger partial charge in [0.1, 0.15) is 0 Å². The molecule has 0 bridgehead atoms. The van der Waals surface area contributed by atoms with E-state index in [-0.39, 0.29) is 0 Å². The summed E-state index contributed by atoms with van der Waals surface area (Å²) in [4.78, 5) is 4.30. The van der Waals surface area contributed by atoms with Crippen molar-refractivity contribution in [3.8, 4) is 0 Å². The SMILES string of the molecule is ClCC=Cc1cc2ccccc2cn1. The quantitative estimate of drug-likeness (QED) is 0.681. The van der Waals surface area contributed by atoms with Gasteiger partial charge in [-0.2, -0.15) is 0 Å². The van der Waals surface area contributed by atoms with Gasteiger partial charge in [-0.05, 0) is 17.5 Å². The van der Waals surface area contributed by atoms with E-state index in [1.165, 1.54) is 5.39 Å². The van der Waals surface area contributed by atoms with Crippen LogP contribution in [0.3, 0.4) is 0 Å². The normalized spacial score (nSPS) is 11.2. The molecule has 2 aromatic rings. The maximum absolute atomic E-state index is 5.56. The van der Waals surface area contributed by atoms with Crippen LogP contribution in [0, 0.1) is 0 Å². The fourth-order valence-electron chi connectivity index (χ4n) is 1.36. The van der Waals surface area contributed by atoms with Gasteiger partial charge in [0.25, 0.3) is 0 Å². The number of fused-ring (bicyclic) bond motifs is 1. The van der Waals surface area contributed by atoms with E-state index in [1.807, 2.05) is 30.5 Å². The van der Waals surface area contributed by atoms with E-state index in [0.717, 1.165) is 11.1 Å². The Labute approximate surface area is 88.0 Å². The van der Waals surface area contributed by atoms with Gasteiger partial charge in [0.05, 0.1) is 5.69 Å². The Balaban J connectivity index is 2.46. The summed E-state index contributed by atoms with van der Waals surface area (Å²) in [7, 11) is 0. The number of benzene rings is 1. The zero-order valence-electron chi connectivity index (χ0n) is 7.65. The molecule has 0 saturated heterocycles. The Morgan fingerprint density at radius 1 is 1.21 bits per heavy atom. The first kappa shape index (κ1) is 9.22. The molecule has 0 saturated carbocycles. The summed E-state index contributed by atoms with van der Waals surface area (Å²) in [5.74, 6) is 0.522. The summed E-state index contributed by atoms with van der Waals surface area (Å²) in [6.45, 7) is 0. The number of rotatable bonds is 2. The van der Waals surface area contributed by atoms with Gasteiger partial charge in [0.15, 0.2) is 0 Å². The summed E-state index contributed by atoms with van der Waals surface area (Å²) in [5, 5.41) is 2.37. The van der Waals surface area contributed by atoms with E-state index < -0.39 is 0 Å². The molecular formula is C12H10ClN. The van der Waals surface area contributed by atoms with Crippen LogP contribution in [0.5, 0.6) is 0 Å². The number of alkyl halides is 1. The molecule has 1 heterocycles. The molecule has 0 N–H and O–H groups in total. The summed E-state index contributed by atoms with van der Waals surface area (Å²) in [5.41, 5.74) is 0.948. The van der Waals surface area contributed by atoms with Gasteiger partial charge in [-0.1, -0.05) is 30.3 Å². The lowest BCUT2D eigenvalue weighted by Gasteiger charge is -1.97. The zero-order valence-corrected chi connectivity index (χ0v) is 8.41. The smallest absolute Gasteiger partial charge is 0.0633 e. The van der Waals surface area contributed by atoms with Crippen molar-refractivity contribution >= 4 is 28.4 Å². The molecule has 14 heavy (non-hydrogen) atoms. The number of hydrogen-bond acceptors (Lipinski definition) is 1. The highest BCUT2D eigenvalue weighted by Crippen LogP contribution is 2.13. The number of pyridine rings is 1. The number of nitrogens with zero attached hydrogens (tertiary/aromatic N) is 1. The Kier molecular flexibility index (Phi) is 2.80. The van der Waals surface area contributed by atoms with Crippen molar-refractivity contribution in [2.75, 3.05) is 5.88 Å². The van der Waals surface area contributed by atoms with Crippen LogP contribution in [0.4, 0.5) is 0 Å². The summed E-state index contributed by atoms with van der Waals surface area (Å²) >= 11 is 5.56. The topological polar surface area (TPSA) is 12.9 Å². The van der Waals surface area contributed by atoms with E-state index in [0.29, 0.717) is 5.88 Å². The lowest BCUT2D eigenvalue weighted by Crippen LogP contribution is -1.81. The van der Waals surface area contributed by atoms with Crippen LogP contribution >= 0.6 is 11.6 Å². The molecule has 70 valence electrons. The van der Waals surface area contributed by atoms with Crippen molar-refractivity contribution in [1.29, 1.82) is 0 Å². The fraction of sp³-hybridized carbons (Fsp3) is 0.0833. The second kappa shape index (κ2) is 4.25. The van der Waals surface area contributed by atoms with Crippen molar-refractivity contribution in [3.05, 3.63) is 48.3 Å². The highest BCUT2D eigenvalue weighted by Gasteiger charge is 1.93. The standard InChI is InChI=1S/C12H10ClN/c13-7-3-6-12-8-10-4-1-2-5-11(10)9-14-12/h1-6,8-9H,7H2. The first-order chi connectivity index (χ1) is 6.90. The van der Waals surface area contributed by atoms with Crippen LogP contribution in [0.15, 0.2) is 42.6 Å². The summed E-state index contributed by atoms with van der Waals surface area (Å²) in [6.07, 6.45) is 5.70. The van der Waals surface area contributed by atoms with Gasteiger partial charge in [-0.3, -0.25) is 4.98 Å². The van der Waals surface area contributed by atoms with Gasteiger partial charge in [-0.25, -0.2) is 0 Å². The fourth-order valence-corrected chi connectivity index (χ4v) is 1.45. The molecule has 2 rings (SSSR count). The maximum atomic E-state index is 5.56. The van der Waals surface area contributed by atoms with E-state index in [1.54, 1.807) is 0 Å². The molecule has 0 amide bonds. The van der Waals surface area contributed by atoms with E-state index in [9.17, 15) is 0 Å². The zero-order chi connectivity index (χ0) is 9.80. The first-order valence-corrected chi connectivity index (χ1v) is 5.01. The third-order valence-electron chi connectivity index (χ3n) is 2.03. The molecular weight excluding hydrogens is 194 g/mol. The van der Waals surface area contributed by atoms with Crippen molar-refractivity contribution < 1.29 is 0 Å². The number of aromatic nitrogens is 1. The van der Waals surface area contributed by atoms with Crippen LogP contribution < -0.4 is 0 Å². The van der Waals surface area contributed by atoms with Gasteiger partial charge in [0, 0.05) is 17.5 Å². The Morgan fingerprint density at radius 3 is 2.79 bits per heavy atom. The third kappa shape index (κ3) is 1.94. The van der Waals surface area contributed by atoms with E-state index in [4.69, 9.17) is 11.6 Å². The van der Waals surface area contributed by atoms with E-state index >= 15 is 0 Å². The minimum Gasteiger partial charge on any atom is -0.256 e. The van der Waals surface area contributed by atoms with Crippen molar-refractivity contribution in [2.45, 2.75) is 0 Å². The highest BCUT2D eigenvalue weighted by molar-refractivity contribution is 6.19. The minimum absolute atomic E-state index is 0.522. The molecule has 1 aromatic heterocycles. The number of allylic oxidation sites excluding steroid dienone is 1. The molecule has 0 atom stereocenters. The van der Waals surface area contributed by atoms with Crippen molar-refractivity contribution in [3.63, 3.8) is 0 Å². The predicted molar refractivity (Wildman–Crippen MR) is 61.5 cm³/mol. The van der Waals surface area contributed by atoms with Crippen LogP contribution in [0.2, 0.25) is 0 Å². The minimum atomic E-state index is 0.522. The lowest BCUT2D eigenvalue weighted by molar-refractivity contribution is 1.32. The second-order valence-corrected chi connectivity index (χ2v) is 3.32. The molecule has 1 aromatic carbocycles. The van der Waals surface area contributed by atoms with Crippen LogP contribution in [-0.2, 0) is 0 Å².